The van der Waals surface area contributed by atoms with Gasteiger partial charge in [0.1, 0.15) is 17.4 Å². The molecule has 1 spiro atoms. The lowest BCUT2D eigenvalue weighted by Crippen LogP contribution is -2.67. The van der Waals surface area contributed by atoms with E-state index in [1.165, 1.54) is 6.07 Å². The molecule has 168 valence electrons. The van der Waals surface area contributed by atoms with E-state index < -0.39 is 17.7 Å². The Morgan fingerprint density at radius 3 is 2.69 bits per heavy atom. The lowest BCUT2D eigenvalue weighted by molar-refractivity contribution is -0.138. The zero-order chi connectivity index (χ0) is 22.6. The van der Waals surface area contributed by atoms with Gasteiger partial charge in [-0.25, -0.2) is 8.78 Å². The van der Waals surface area contributed by atoms with Crippen molar-refractivity contribution in [1.29, 1.82) is 0 Å². The molecule has 2 aliphatic heterocycles. The van der Waals surface area contributed by atoms with Crippen LogP contribution in [0.2, 0.25) is 0 Å². The van der Waals surface area contributed by atoms with E-state index in [2.05, 4.69) is 4.98 Å². The van der Waals surface area contributed by atoms with Crippen molar-refractivity contribution >= 4 is 16.8 Å². The molecule has 1 saturated heterocycles. The summed E-state index contributed by atoms with van der Waals surface area (Å²) >= 11 is 0. The van der Waals surface area contributed by atoms with Crippen molar-refractivity contribution in [3.05, 3.63) is 64.9 Å². The number of nitrogens with zero attached hydrogens (tertiary/aromatic N) is 2. The number of nitrogens with one attached hydrogen (secondary N) is 1. The molecule has 2 aliphatic rings. The molecule has 1 amide bonds. The molecule has 0 saturated carbocycles. The van der Waals surface area contributed by atoms with Crippen LogP contribution in [-0.4, -0.2) is 59.1 Å². The van der Waals surface area contributed by atoms with Gasteiger partial charge in [0, 0.05) is 66.7 Å². The van der Waals surface area contributed by atoms with Gasteiger partial charge in [0.15, 0.2) is 0 Å². The molecule has 0 aliphatic carbocycles. The maximum atomic E-state index is 14.4. The summed E-state index contributed by atoms with van der Waals surface area (Å²) in [6.45, 7) is 3.11. The monoisotopic (exact) mass is 441 g/mol. The van der Waals surface area contributed by atoms with E-state index >= 15 is 0 Å². The van der Waals surface area contributed by atoms with E-state index in [4.69, 9.17) is 4.74 Å². The minimum absolute atomic E-state index is 0.00527. The molecule has 3 heterocycles. The summed E-state index contributed by atoms with van der Waals surface area (Å²) in [6, 6.07) is 8.81. The number of rotatable bonds is 4. The van der Waals surface area contributed by atoms with E-state index in [0.29, 0.717) is 25.4 Å². The Hall–Kier alpha value is -2.97. The number of fused-ring (bicyclic) bond motifs is 4. The number of carbonyl (C=O) groups is 1. The molecular formula is C24H25F2N3O3. The minimum atomic E-state index is -0.501. The molecule has 3 aromatic rings. The lowest BCUT2D eigenvalue weighted by Gasteiger charge is -2.56. The summed E-state index contributed by atoms with van der Waals surface area (Å²) in [4.78, 5) is 19.2. The third-order valence-corrected chi connectivity index (χ3v) is 6.83. The van der Waals surface area contributed by atoms with Crippen LogP contribution in [0.1, 0.15) is 29.8 Å². The van der Waals surface area contributed by atoms with Crippen molar-refractivity contribution in [2.75, 3.05) is 33.4 Å². The van der Waals surface area contributed by atoms with Gasteiger partial charge >= 0.3 is 0 Å². The number of benzene rings is 2. The van der Waals surface area contributed by atoms with Crippen LogP contribution >= 0.6 is 0 Å². The lowest BCUT2D eigenvalue weighted by atomic mass is 9.68. The average Bonchev–Trinajstić information content (AvgIpc) is 3.12. The fourth-order valence-electron chi connectivity index (χ4n) is 5.33. The molecule has 2 aromatic carbocycles. The van der Waals surface area contributed by atoms with E-state index in [1.807, 2.05) is 23.1 Å². The van der Waals surface area contributed by atoms with Gasteiger partial charge in [-0.2, -0.15) is 0 Å². The van der Waals surface area contributed by atoms with Crippen molar-refractivity contribution in [3.63, 3.8) is 0 Å². The van der Waals surface area contributed by atoms with Gasteiger partial charge in [0.2, 0.25) is 5.91 Å². The fraction of sp³-hybridized carbons (Fsp3) is 0.375. The van der Waals surface area contributed by atoms with Crippen molar-refractivity contribution in [2.24, 2.45) is 0 Å². The topological polar surface area (TPSA) is 68.8 Å². The van der Waals surface area contributed by atoms with E-state index in [1.54, 1.807) is 18.9 Å². The largest absolute Gasteiger partial charge is 0.497 e. The van der Waals surface area contributed by atoms with Crippen LogP contribution < -0.4 is 4.74 Å². The number of hydrogen-bond donors (Lipinski definition) is 2. The van der Waals surface area contributed by atoms with Crippen LogP contribution in [0.4, 0.5) is 8.78 Å². The Bertz CT molecular complexity index is 1200. The summed E-state index contributed by atoms with van der Waals surface area (Å²) in [5, 5.41) is 11.3. The number of methoxy groups -OCH3 is 1. The first-order valence-corrected chi connectivity index (χ1v) is 10.6. The zero-order valence-corrected chi connectivity index (χ0v) is 18.0. The minimum Gasteiger partial charge on any atom is -0.497 e. The van der Waals surface area contributed by atoms with E-state index in [0.717, 1.165) is 34.3 Å². The van der Waals surface area contributed by atoms with Gasteiger partial charge in [0.25, 0.3) is 0 Å². The highest BCUT2D eigenvalue weighted by atomic mass is 19.1. The number of amides is 1. The molecule has 1 atom stereocenters. The number of ether oxygens (including phenoxy) is 1. The summed E-state index contributed by atoms with van der Waals surface area (Å²) < 4.78 is 33.6. The van der Waals surface area contributed by atoms with Gasteiger partial charge < -0.3 is 19.7 Å². The molecule has 0 bridgehead atoms. The summed E-state index contributed by atoms with van der Waals surface area (Å²) in [7, 11) is 1.61. The van der Waals surface area contributed by atoms with Crippen molar-refractivity contribution < 1.29 is 23.4 Å². The quantitative estimate of drug-likeness (QED) is 0.653. The average molecular weight is 441 g/mol. The zero-order valence-electron chi connectivity index (χ0n) is 18.0. The number of aromatic nitrogens is 1. The highest BCUT2D eigenvalue weighted by Crippen LogP contribution is 2.49. The first-order valence-electron chi connectivity index (χ1n) is 10.6. The number of aromatic amines is 1. The summed E-state index contributed by atoms with van der Waals surface area (Å²) in [5.74, 6) is -0.268. The van der Waals surface area contributed by atoms with Crippen molar-refractivity contribution in [2.45, 2.75) is 24.9 Å². The maximum absolute atomic E-state index is 14.4. The smallest absolute Gasteiger partial charge is 0.219 e. The first-order chi connectivity index (χ1) is 15.3. The standard InChI is InChI=1S/C24H25F2N3O3/c1-14(31)29-12-24(13-29)11-28(9-15-7-16(25)3-6-19(15)26)21(10-30)23-22(24)18-5-4-17(32-2)8-20(18)27-23/h3-8,21,27,30H,9-13H2,1-2H3/t21-/m0/s1. The van der Waals surface area contributed by atoms with Crippen LogP contribution in [0.5, 0.6) is 5.75 Å². The number of halogens is 2. The number of hydrogen-bond acceptors (Lipinski definition) is 4. The Kier molecular flexibility index (Phi) is 4.94. The molecule has 1 fully saturated rings. The Morgan fingerprint density at radius 2 is 2.00 bits per heavy atom. The number of aliphatic hydroxyl groups is 1. The van der Waals surface area contributed by atoms with Gasteiger partial charge in [-0.15, -0.1) is 0 Å². The summed E-state index contributed by atoms with van der Waals surface area (Å²) in [6.07, 6.45) is 0. The number of aliphatic hydroxyl groups excluding tert-OH is 1. The highest BCUT2D eigenvalue weighted by molar-refractivity contribution is 5.88. The van der Waals surface area contributed by atoms with Gasteiger partial charge in [-0.1, -0.05) is 0 Å². The predicted molar refractivity (Wildman–Crippen MR) is 115 cm³/mol. The van der Waals surface area contributed by atoms with E-state index in [-0.39, 0.29) is 30.0 Å². The Balaban J connectivity index is 1.62. The fourth-order valence-corrected chi connectivity index (χ4v) is 5.33. The van der Waals surface area contributed by atoms with E-state index in [9.17, 15) is 18.7 Å². The molecule has 2 N–H and O–H groups in total. The second kappa shape index (κ2) is 7.56. The summed E-state index contributed by atoms with van der Waals surface area (Å²) in [5.41, 5.74) is 2.70. The molecule has 8 heteroatoms. The van der Waals surface area contributed by atoms with Crippen LogP contribution in [-0.2, 0) is 16.8 Å². The third-order valence-electron chi connectivity index (χ3n) is 6.83. The highest BCUT2D eigenvalue weighted by Gasteiger charge is 2.53. The van der Waals surface area contributed by atoms with Crippen LogP contribution in [0.15, 0.2) is 36.4 Å². The molecule has 0 radical (unpaired) electrons. The molecule has 0 unspecified atom stereocenters. The number of likely N-dealkylation sites (tertiary alicyclic amines) is 1. The second-order valence-electron chi connectivity index (χ2n) is 8.82. The predicted octanol–water partition coefficient (Wildman–Crippen LogP) is 3.10. The molecule has 5 rings (SSSR count). The van der Waals surface area contributed by atoms with Gasteiger partial charge in [-0.05, 0) is 35.9 Å². The SMILES string of the molecule is COc1ccc2c3c([nH]c2c1)[C@H](CO)N(Cc1cc(F)ccc1F)CC31CN(C(C)=O)C1. The van der Waals surface area contributed by atoms with Crippen LogP contribution in [0.25, 0.3) is 10.9 Å². The normalized spacial score (nSPS) is 19.8. The Labute approximate surface area is 184 Å². The van der Waals surface area contributed by atoms with Crippen LogP contribution in [0.3, 0.4) is 0 Å². The molecule has 1 aromatic heterocycles. The number of carbonyl (C=O) groups excluding carboxylic acids is 1. The van der Waals surface area contributed by atoms with Gasteiger partial charge in [0.05, 0.1) is 19.8 Å². The van der Waals surface area contributed by atoms with Gasteiger partial charge in [-0.3, -0.25) is 9.69 Å². The molecule has 6 nitrogen and oxygen atoms in total. The molecular weight excluding hydrogens is 416 g/mol. The second-order valence-corrected chi connectivity index (χ2v) is 8.82. The van der Waals surface area contributed by atoms with Crippen molar-refractivity contribution in [1.82, 2.24) is 14.8 Å². The third kappa shape index (κ3) is 3.17. The first kappa shape index (κ1) is 20.9. The maximum Gasteiger partial charge on any atom is 0.219 e. The van der Waals surface area contributed by atoms with Crippen molar-refractivity contribution in [3.8, 4) is 5.75 Å². The Morgan fingerprint density at radius 1 is 1.22 bits per heavy atom. The number of H-pyrrole nitrogens is 1. The molecule has 32 heavy (non-hydrogen) atoms. The van der Waals surface area contributed by atoms with Crippen LogP contribution in [0, 0.1) is 11.6 Å².